The van der Waals surface area contributed by atoms with Gasteiger partial charge in [-0.05, 0) is 24.1 Å². The van der Waals surface area contributed by atoms with E-state index in [2.05, 4.69) is 0 Å². The van der Waals surface area contributed by atoms with Gasteiger partial charge in [-0.1, -0.05) is 12.1 Å². The average molecular weight is 254 g/mol. The fourth-order valence-corrected chi connectivity index (χ4v) is 1.32. The van der Waals surface area contributed by atoms with Crippen LogP contribution in [0.15, 0.2) is 24.3 Å². The molecule has 1 unspecified atom stereocenters. The molecule has 0 saturated carbocycles. The van der Waals surface area contributed by atoms with E-state index in [1.807, 2.05) is 0 Å². The SMILES string of the molecule is NC(=O)[C@@H](N)Cc1ccc(OCC(O)CO)cc1. The van der Waals surface area contributed by atoms with Crippen LogP contribution in [0, 0.1) is 0 Å². The zero-order valence-electron chi connectivity index (χ0n) is 9.95. The maximum absolute atomic E-state index is 10.8. The smallest absolute Gasteiger partial charge is 0.234 e. The second-order valence-corrected chi connectivity index (χ2v) is 4.00. The molecular formula is C12H18N2O4. The van der Waals surface area contributed by atoms with E-state index in [1.165, 1.54) is 0 Å². The van der Waals surface area contributed by atoms with Crippen molar-refractivity contribution in [1.29, 1.82) is 0 Å². The van der Waals surface area contributed by atoms with Gasteiger partial charge in [0.05, 0.1) is 12.6 Å². The Kier molecular flexibility index (Phi) is 5.57. The summed E-state index contributed by atoms with van der Waals surface area (Å²) in [6, 6.07) is 6.24. The van der Waals surface area contributed by atoms with Crippen LogP contribution in [0.5, 0.6) is 5.75 Å². The first kappa shape index (κ1) is 14.4. The van der Waals surface area contributed by atoms with Crippen molar-refractivity contribution >= 4 is 5.91 Å². The molecule has 0 aromatic heterocycles. The highest BCUT2D eigenvalue weighted by atomic mass is 16.5. The van der Waals surface area contributed by atoms with Crippen molar-refractivity contribution in [3.05, 3.63) is 29.8 Å². The summed E-state index contributed by atoms with van der Waals surface area (Å²) in [5.74, 6) is 0.0280. The highest BCUT2D eigenvalue weighted by Crippen LogP contribution is 2.13. The van der Waals surface area contributed by atoms with E-state index in [4.69, 9.17) is 26.4 Å². The van der Waals surface area contributed by atoms with Crippen LogP contribution in [0.2, 0.25) is 0 Å². The van der Waals surface area contributed by atoms with E-state index < -0.39 is 18.1 Å². The van der Waals surface area contributed by atoms with Crippen LogP contribution >= 0.6 is 0 Å². The average Bonchev–Trinajstić information content (AvgIpc) is 2.37. The van der Waals surface area contributed by atoms with Gasteiger partial charge in [-0.15, -0.1) is 0 Å². The van der Waals surface area contributed by atoms with Crippen LogP contribution < -0.4 is 16.2 Å². The summed E-state index contributed by atoms with van der Waals surface area (Å²) in [6.07, 6.45) is -0.525. The molecule has 1 aromatic rings. The summed E-state index contributed by atoms with van der Waals surface area (Å²) in [6.45, 7) is -0.317. The molecule has 0 aliphatic heterocycles. The molecule has 0 heterocycles. The lowest BCUT2D eigenvalue weighted by atomic mass is 10.1. The minimum absolute atomic E-state index is 0.0245. The maximum atomic E-state index is 10.8. The Hall–Kier alpha value is -1.63. The second kappa shape index (κ2) is 6.95. The maximum Gasteiger partial charge on any atom is 0.234 e. The van der Waals surface area contributed by atoms with E-state index >= 15 is 0 Å². The minimum Gasteiger partial charge on any atom is -0.491 e. The first-order valence-corrected chi connectivity index (χ1v) is 5.58. The lowest BCUT2D eigenvalue weighted by molar-refractivity contribution is -0.119. The van der Waals surface area contributed by atoms with Crippen LogP contribution in [0.1, 0.15) is 5.56 Å². The highest BCUT2D eigenvalue weighted by Gasteiger charge is 2.10. The molecule has 0 aliphatic rings. The number of primary amides is 1. The molecule has 0 radical (unpaired) electrons. The van der Waals surface area contributed by atoms with Crippen molar-refractivity contribution in [3.63, 3.8) is 0 Å². The number of benzene rings is 1. The largest absolute Gasteiger partial charge is 0.491 e. The Balaban J connectivity index is 2.49. The van der Waals surface area contributed by atoms with Gasteiger partial charge in [-0.3, -0.25) is 4.79 Å². The van der Waals surface area contributed by atoms with Crippen molar-refractivity contribution in [3.8, 4) is 5.75 Å². The number of amides is 1. The van der Waals surface area contributed by atoms with Gasteiger partial charge >= 0.3 is 0 Å². The number of aliphatic hydroxyl groups is 2. The number of aliphatic hydroxyl groups excluding tert-OH is 2. The first-order chi connectivity index (χ1) is 8.52. The van der Waals surface area contributed by atoms with Crippen LogP contribution in [-0.2, 0) is 11.2 Å². The molecule has 1 aromatic carbocycles. The van der Waals surface area contributed by atoms with E-state index in [9.17, 15) is 4.79 Å². The van der Waals surface area contributed by atoms with Gasteiger partial charge in [0.25, 0.3) is 0 Å². The normalized spacial score (nSPS) is 13.9. The summed E-state index contributed by atoms with van der Waals surface area (Å²) in [5, 5.41) is 17.7. The van der Waals surface area contributed by atoms with E-state index in [0.717, 1.165) is 5.56 Å². The topological polar surface area (TPSA) is 119 Å². The fraction of sp³-hybridized carbons (Fsp3) is 0.417. The third kappa shape index (κ3) is 4.70. The van der Waals surface area contributed by atoms with Gasteiger partial charge in [0.1, 0.15) is 18.5 Å². The summed E-state index contributed by atoms with van der Waals surface area (Å²) < 4.78 is 5.23. The molecule has 0 bridgehead atoms. The monoisotopic (exact) mass is 254 g/mol. The molecular weight excluding hydrogens is 236 g/mol. The minimum atomic E-state index is -0.895. The van der Waals surface area contributed by atoms with Crippen molar-refractivity contribution in [1.82, 2.24) is 0 Å². The van der Waals surface area contributed by atoms with Crippen molar-refractivity contribution < 1.29 is 19.7 Å². The number of ether oxygens (including phenoxy) is 1. The Morgan fingerprint density at radius 2 is 1.94 bits per heavy atom. The van der Waals surface area contributed by atoms with Crippen molar-refractivity contribution in [2.45, 2.75) is 18.6 Å². The quantitative estimate of drug-likeness (QED) is 0.486. The zero-order valence-corrected chi connectivity index (χ0v) is 9.95. The second-order valence-electron chi connectivity index (χ2n) is 4.00. The van der Waals surface area contributed by atoms with Gasteiger partial charge in [0.2, 0.25) is 5.91 Å². The van der Waals surface area contributed by atoms with Crippen LogP contribution in [0.25, 0.3) is 0 Å². The molecule has 0 saturated heterocycles. The number of rotatable bonds is 7. The molecule has 6 heteroatoms. The summed E-state index contributed by atoms with van der Waals surface area (Å²) in [7, 11) is 0. The molecule has 100 valence electrons. The van der Waals surface area contributed by atoms with Crippen LogP contribution in [0.3, 0.4) is 0 Å². The zero-order chi connectivity index (χ0) is 13.5. The predicted molar refractivity (Wildman–Crippen MR) is 65.9 cm³/mol. The standard InChI is InChI=1S/C12H18N2O4/c13-11(12(14)17)5-8-1-3-10(4-2-8)18-7-9(16)6-15/h1-4,9,11,15-16H,5-7,13H2,(H2,14,17)/t9?,11-/m0/s1. The molecule has 0 aliphatic carbocycles. The lowest BCUT2D eigenvalue weighted by Crippen LogP contribution is -2.38. The van der Waals surface area contributed by atoms with Crippen molar-refractivity contribution in [2.75, 3.05) is 13.2 Å². The first-order valence-electron chi connectivity index (χ1n) is 5.58. The molecule has 1 rings (SSSR count). The van der Waals surface area contributed by atoms with Gasteiger partial charge in [-0.25, -0.2) is 0 Å². The van der Waals surface area contributed by atoms with Crippen LogP contribution in [-0.4, -0.2) is 41.5 Å². The van der Waals surface area contributed by atoms with E-state index in [0.29, 0.717) is 12.2 Å². The van der Waals surface area contributed by atoms with Crippen LogP contribution in [0.4, 0.5) is 0 Å². The summed E-state index contributed by atoms with van der Waals surface area (Å²) in [4.78, 5) is 10.8. The third-order valence-electron chi connectivity index (χ3n) is 2.40. The molecule has 6 N–H and O–H groups in total. The highest BCUT2D eigenvalue weighted by molar-refractivity contribution is 5.79. The lowest BCUT2D eigenvalue weighted by Gasteiger charge is -2.11. The van der Waals surface area contributed by atoms with Gasteiger partial charge in [-0.2, -0.15) is 0 Å². The van der Waals surface area contributed by atoms with E-state index in [1.54, 1.807) is 24.3 Å². The molecule has 2 atom stereocenters. The Morgan fingerprint density at radius 3 is 2.44 bits per heavy atom. The Labute approximate surface area is 105 Å². The molecule has 6 nitrogen and oxygen atoms in total. The van der Waals surface area contributed by atoms with Gasteiger partial charge in [0, 0.05) is 0 Å². The number of nitrogens with two attached hydrogens (primary N) is 2. The number of hydrogen-bond donors (Lipinski definition) is 4. The third-order valence-corrected chi connectivity index (χ3v) is 2.40. The van der Waals surface area contributed by atoms with E-state index in [-0.39, 0.29) is 13.2 Å². The molecule has 18 heavy (non-hydrogen) atoms. The molecule has 0 spiro atoms. The number of carbonyl (C=O) groups excluding carboxylic acids is 1. The molecule has 1 amide bonds. The van der Waals surface area contributed by atoms with Gasteiger partial charge < -0.3 is 26.4 Å². The summed E-state index contributed by atoms with van der Waals surface area (Å²) in [5.41, 5.74) is 11.5. The molecule has 0 fully saturated rings. The Morgan fingerprint density at radius 1 is 1.33 bits per heavy atom. The predicted octanol–water partition coefficient (Wildman–Crippen LogP) is -1.23. The van der Waals surface area contributed by atoms with Crippen molar-refractivity contribution in [2.24, 2.45) is 11.5 Å². The van der Waals surface area contributed by atoms with Gasteiger partial charge in [0.15, 0.2) is 0 Å². The fourth-order valence-electron chi connectivity index (χ4n) is 1.32. The summed E-state index contributed by atoms with van der Waals surface area (Å²) >= 11 is 0. The Bertz CT molecular complexity index is 380. The number of hydrogen-bond acceptors (Lipinski definition) is 5. The number of carbonyl (C=O) groups is 1.